The lowest BCUT2D eigenvalue weighted by atomic mass is 10.2. The van der Waals surface area contributed by atoms with Gasteiger partial charge in [-0.05, 0) is 18.2 Å². The first kappa shape index (κ1) is 13.5. The molecular weight excluding hydrogens is 318 g/mol. The summed E-state index contributed by atoms with van der Waals surface area (Å²) in [6.07, 6.45) is 1.46. The Labute approximate surface area is 121 Å². The Kier molecular flexibility index (Phi) is 3.11. The van der Waals surface area contributed by atoms with Crippen LogP contribution in [-0.2, 0) is 10.0 Å². The number of nitrogens with zero attached hydrogens (tertiary/aromatic N) is 1. The predicted molar refractivity (Wildman–Crippen MR) is 76.0 cm³/mol. The Morgan fingerprint density at radius 1 is 1.29 bits per heavy atom. The quantitative estimate of drug-likeness (QED) is 0.732. The summed E-state index contributed by atoms with van der Waals surface area (Å²) in [6, 6.07) is 3.73. The average molecular weight is 325 g/mol. The van der Waals surface area contributed by atoms with Crippen LogP contribution in [0.3, 0.4) is 0 Å². The molecule has 1 aromatic carbocycles. The lowest BCUT2D eigenvalue weighted by Gasteiger charge is -2.05. The van der Waals surface area contributed by atoms with E-state index in [0.717, 1.165) is 17.4 Å². The van der Waals surface area contributed by atoms with Crippen molar-refractivity contribution >= 4 is 37.4 Å². The number of aromatic amines is 1. The normalized spacial score (nSPS) is 11.6. The van der Waals surface area contributed by atoms with Crippen LogP contribution in [0.4, 0.5) is 5.13 Å². The van der Waals surface area contributed by atoms with Gasteiger partial charge in [0.05, 0.1) is 15.8 Å². The van der Waals surface area contributed by atoms with Gasteiger partial charge in [0.2, 0.25) is 0 Å². The first-order chi connectivity index (χ1) is 9.95. The van der Waals surface area contributed by atoms with Crippen molar-refractivity contribution in [3.63, 3.8) is 0 Å². The van der Waals surface area contributed by atoms with Crippen LogP contribution < -0.4 is 16.1 Å². The Hall–Kier alpha value is -2.46. The van der Waals surface area contributed by atoms with Crippen LogP contribution in [0.1, 0.15) is 0 Å². The molecule has 2 aromatic heterocycles. The summed E-state index contributed by atoms with van der Waals surface area (Å²) >= 11 is 1.12. The van der Waals surface area contributed by atoms with E-state index in [9.17, 15) is 18.0 Å². The number of sulfonamides is 1. The first-order valence-electron chi connectivity index (χ1n) is 5.55. The fourth-order valence-electron chi connectivity index (χ4n) is 1.69. The van der Waals surface area contributed by atoms with E-state index < -0.39 is 21.4 Å². The molecule has 0 bridgehead atoms. The van der Waals surface area contributed by atoms with Crippen molar-refractivity contribution in [3.05, 3.63) is 50.7 Å². The first-order valence-corrected chi connectivity index (χ1v) is 7.91. The van der Waals surface area contributed by atoms with Crippen LogP contribution in [0.2, 0.25) is 0 Å². The maximum atomic E-state index is 12.2. The molecule has 3 rings (SSSR count). The van der Waals surface area contributed by atoms with Gasteiger partial charge in [0.25, 0.3) is 10.0 Å². The molecule has 0 amide bonds. The maximum Gasteiger partial charge on any atom is 0.419 e. The highest BCUT2D eigenvalue weighted by Gasteiger charge is 2.17. The van der Waals surface area contributed by atoms with Crippen molar-refractivity contribution in [3.8, 4) is 0 Å². The standard InChI is InChI=1S/C11H7N3O5S2/c15-9-7-5-6(1-2-8(7)13-11(16)19-9)21(17,18)14-10-12-3-4-20-10/h1-5H,(H,12,14)(H,13,16). The largest absolute Gasteiger partial charge is 0.419 e. The molecular formula is C11H7N3O5S2. The molecule has 0 radical (unpaired) electrons. The number of H-pyrrole nitrogens is 1. The SMILES string of the molecule is O=c1[nH]c2ccc(S(=O)(=O)Nc3nccs3)cc2c(=O)o1. The molecule has 10 heteroatoms. The predicted octanol–water partition coefficient (Wildman–Crippen LogP) is 0.739. The Morgan fingerprint density at radius 2 is 2.10 bits per heavy atom. The fraction of sp³-hybridized carbons (Fsp3) is 0. The molecule has 0 spiro atoms. The van der Waals surface area contributed by atoms with E-state index in [4.69, 9.17) is 0 Å². The van der Waals surface area contributed by atoms with E-state index in [1.165, 1.54) is 18.3 Å². The van der Waals surface area contributed by atoms with Gasteiger partial charge in [0.15, 0.2) is 5.13 Å². The van der Waals surface area contributed by atoms with Gasteiger partial charge in [-0.3, -0.25) is 9.71 Å². The van der Waals surface area contributed by atoms with Crippen molar-refractivity contribution in [2.45, 2.75) is 4.90 Å². The van der Waals surface area contributed by atoms with Crippen molar-refractivity contribution in [2.24, 2.45) is 0 Å². The molecule has 2 heterocycles. The molecule has 0 fully saturated rings. The van der Waals surface area contributed by atoms with Gasteiger partial charge < -0.3 is 4.42 Å². The second-order valence-electron chi connectivity index (χ2n) is 3.95. The van der Waals surface area contributed by atoms with Gasteiger partial charge in [-0.15, -0.1) is 11.3 Å². The van der Waals surface area contributed by atoms with Crippen LogP contribution in [0, 0.1) is 0 Å². The number of nitrogens with one attached hydrogen (secondary N) is 2. The molecule has 0 unspecified atom stereocenters. The van der Waals surface area contributed by atoms with Crippen molar-refractivity contribution in [2.75, 3.05) is 4.72 Å². The summed E-state index contributed by atoms with van der Waals surface area (Å²) in [5.41, 5.74) is -0.704. The van der Waals surface area contributed by atoms with Gasteiger partial charge in [-0.25, -0.2) is 23.0 Å². The molecule has 0 saturated carbocycles. The summed E-state index contributed by atoms with van der Waals surface area (Å²) in [5, 5.41) is 1.80. The van der Waals surface area contributed by atoms with Gasteiger partial charge in [0, 0.05) is 11.6 Å². The summed E-state index contributed by atoms with van der Waals surface area (Å²) < 4.78 is 31.0. The number of fused-ring (bicyclic) bond motifs is 1. The summed E-state index contributed by atoms with van der Waals surface area (Å²) in [7, 11) is -3.88. The minimum absolute atomic E-state index is 0.0309. The zero-order chi connectivity index (χ0) is 15.0. The minimum Gasteiger partial charge on any atom is -0.372 e. The number of hydrogen-bond donors (Lipinski definition) is 2. The number of aromatic nitrogens is 2. The monoisotopic (exact) mass is 325 g/mol. The molecule has 108 valence electrons. The summed E-state index contributed by atoms with van der Waals surface area (Å²) in [6.45, 7) is 0. The highest BCUT2D eigenvalue weighted by molar-refractivity contribution is 7.93. The molecule has 0 saturated heterocycles. The number of thiazole rings is 1. The van der Waals surface area contributed by atoms with E-state index in [0.29, 0.717) is 0 Å². The van der Waals surface area contributed by atoms with E-state index in [1.807, 2.05) is 0 Å². The second kappa shape index (κ2) is 4.82. The Bertz CT molecular complexity index is 1020. The highest BCUT2D eigenvalue weighted by atomic mass is 32.2. The van der Waals surface area contributed by atoms with E-state index in [-0.39, 0.29) is 20.9 Å². The van der Waals surface area contributed by atoms with Crippen LogP contribution in [0.15, 0.2) is 48.7 Å². The molecule has 0 aliphatic carbocycles. The number of anilines is 1. The van der Waals surface area contributed by atoms with E-state index in [2.05, 4.69) is 19.1 Å². The molecule has 3 aromatic rings. The summed E-state index contributed by atoms with van der Waals surface area (Å²) in [4.78, 5) is 28.6. The summed E-state index contributed by atoms with van der Waals surface area (Å²) in [5.74, 6) is -0.899. The second-order valence-corrected chi connectivity index (χ2v) is 6.53. The number of rotatable bonds is 3. The van der Waals surface area contributed by atoms with Crippen molar-refractivity contribution in [1.29, 1.82) is 0 Å². The molecule has 2 N–H and O–H groups in total. The van der Waals surface area contributed by atoms with Crippen LogP contribution in [0.5, 0.6) is 0 Å². The molecule has 8 nitrogen and oxygen atoms in total. The molecule has 0 aliphatic heterocycles. The van der Waals surface area contributed by atoms with Crippen LogP contribution in [0.25, 0.3) is 10.9 Å². The van der Waals surface area contributed by atoms with Gasteiger partial charge in [-0.1, -0.05) is 0 Å². The molecule has 0 aliphatic rings. The highest BCUT2D eigenvalue weighted by Crippen LogP contribution is 2.19. The zero-order valence-electron chi connectivity index (χ0n) is 10.2. The van der Waals surface area contributed by atoms with Crippen molar-refractivity contribution < 1.29 is 12.8 Å². The lowest BCUT2D eigenvalue weighted by molar-refractivity contribution is 0.460. The molecule has 0 atom stereocenters. The third-order valence-corrected chi connectivity index (χ3v) is 4.75. The fourth-order valence-corrected chi connectivity index (χ4v) is 3.51. The van der Waals surface area contributed by atoms with Gasteiger partial charge in [-0.2, -0.15) is 0 Å². The topological polar surface area (TPSA) is 122 Å². The van der Waals surface area contributed by atoms with E-state index in [1.54, 1.807) is 5.38 Å². The Morgan fingerprint density at radius 3 is 2.81 bits per heavy atom. The van der Waals surface area contributed by atoms with Crippen molar-refractivity contribution in [1.82, 2.24) is 9.97 Å². The third kappa shape index (κ3) is 2.58. The van der Waals surface area contributed by atoms with Gasteiger partial charge in [0.1, 0.15) is 0 Å². The maximum absolute atomic E-state index is 12.2. The third-order valence-electron chi connectivity index (χ3n) is 2.60. The van der Waals surface area contributed by atoms with Crippen LogP contribution >= 0.6 is 11.3 Å². The lowest BCUT2D eigenvalue weighted by Crippen LogP contribution is -2.16. The smallest absolute Gasteiger partial charge is 0.372 e. The van der Waals surface area contributed by atoms with E-state index >= 15 is 0 Å². The average Bonchev–Trinajstić information content (AvgIpc) is 2.90. The number of hydrogen-bond acceptors (Lipinski definition) is 7. The minimum atomic E-state index is -3.88. The zero-order valence-corrected chi connectivity index (χ0v) is 11.8. The number of benzene rings is 1. The van der Waals surface area contributed by atoms with Gasteiger partial charge >= 0.3 is 11.4 Å². The Balaban J connectivity index is 2.13. The molecule has 21 heavy (non-hydrogen) atoms. The van der Waals surface area contributed by atoms with Crippen LogP contribution in [-0.4, -0.2) is 18.4 Å².